The van der Waals surface area contributed by atoms with Gasteiger partial charge in [0.1, 0.15) is 16.3 Å². The third-order valence-corrected chi connectivity index (χ3v) is 8.60. The van der Waals surface area contributed by atoms with Crippen LogP contribution in [-0.4, -0.2) is 77.9 Å². The number of aromatic nitrogens is 5. The highest BCUT2D eigenvalue weighted by Crippen LogP contribution is 2.43. The largest absolute Gasteiger partial charge is 0.382 e. The minimum atomic E-state index is -3.75. The van der Waals surface area contributed by atoms with Gasteiger partial charge in [-0.05, 0) is 37.8 Å². The van der Waals surface area contributed by atoms with E-state index in [9.17, 15) is 13.2 Å². The van der Waals surface area contributed by atoms with E-state index in [-0.39, 0.29) is 29.1 Å². The van der Waals surface area contributed by atoms with E-state index in [1.807, 2.05) is 36.5 Å². The van der Waals surface area contributed by atoms with Crippen molar-refractivity contribution >= 4 is 27.2 Å². The second-order valence-electron chi connectivity index (χ2n) is 9.98. The van der Waals surface area contributed by atoms with Crippen LogP contribution in [-0.2, 0) is 24.1 Å². The number of hydrogen-bond acceptors (Lipinski definition) is 9. The first-order valence-electron chi connectivity index (χ1n) is 13.0. The smallest absolute Gasteiger partial charge is 0.251 e. The average molecular weight is 568 g/mol. The van der Waals surface area contributed by atoms with Gasteiger partial charge in [0.15, 0.2) is 15.5 Å². The maximum Gasteiger partial charge on any atom is 0.251 e. The number of amides is 1. The first-order chi connectivity index (χ1) is 19.2. The zero-order valence-corrected chi connectivity index (χ0v) is 23.5. The number of carbonyl (C=O) groups is 1. The van der Waals surface area contributed by atoms with Crippen molar-refractivity contribution in [1.29, 1.82) is 0 Å². The number of para-hydroxylation sites is 1. The number of nitrogens with one attached hydrogen (secondary N) is 1. The highest BCUT2D eigenvalue weighted by molar-refractivity contribution is 7.91. The number of carbonyl (C=O) groups excluding carboxylic acids is 1. The van der Waals surface area contributed by atoms with Crippen LogP contribution in [0.1, 0.15) is 37.3 Å². The monoisotopic (exact) mass is 567 g/mol. The van der Waals surface area contributed by atoms with E-state index < -0.39 is 15.4 Å². The lowest BCUT2D eigenvalue weighted by molar-refractivity contribution is -0.154. The summed E-state index contributed by atoms with van der Waals surface area (Å²) in [5.74, 6) is -0.457. The van der Waals surface area contributed by atoms with Crippen molar-refractivity contribution < 1.29 is 22.7 Å². The number of hydrogen-bond donors (Lipinski definition) is 2. The van der Waals surface area contributed by atoms with E-state index in [0.29, 0.717) is 49.2 Å². The molecule has 0 aliphatic heterocycles. The molecule has 3 aromatic heterocycles. The Bertz CT molecular complexity index is 1620. The third kappa shape index (κ3) is 5.07. The van der Waals surface area contributed by atoms with Crippen molar-refractivity contribution in [3.05, 3.63) is 54.6 Å². The lowest BCUT2D eigenvalue weighted by Gasteiger charge is -2.38. The Hall–Kier alpha value is -3.81. The number of benzene rings is 1. The van der Waals surface area contributed by atoms with Gasteiger partial charge in [-0.25, -0.2) is 18.1 Å². The lowest BCUT2D eigenvalue weighted by Crippen LogP contribution is -2.50. The van der Waals surface area contributed by atoms with E-state index in [0.717, 1.165) is 17.5 Å². The van der Waals surface area contributed by atoms with E-state index in [1.165, 1.54) is 4.52 Å². The normalized spacial score (nSPS) is 19.6. The van der Waals surface area contributed by atoms with Gasteiger partial charge in [0.25, 0.3) is 5.91 Å². The molecule has 1 aromatic carbocycles. The second kappa shape index (κ2) is 11.0. The molecule has 0 spiro atoms. The summed E-state index contributed by atoms with van der Waals surface area (Å²) in [5, 5.41) is 11.6. The standard InChI is InChI=1S/C27H33N7O5S/c1-29-26(35)27(39-14-13-38-2)11-9-18(10-12-27)22-23(40(3,36)37)24(28)34-25(32-22)21(16-31-34)19-15-30-33(17-19)20-7-5-4-6-8-20/h4-8,15-18H,9-14,28H2,1-3H3,(H,29,35)/t18-,27-. The topological polar surface area (TPSA) is 156 Å². The molecule has 5 rings (SSSR count). The molecule has 12 nitrogen and oxygen atoms in total. The molecule has 0 unspecified atom stereocenters. The summed E-state index contributed by atoms with van der Waals surface area (Å²) in [5.41, 5.74) is 8.60. The molecule has 1 aliphatic carbocycles. The molecule has 1 saturated carbocycles. The van der Waals surface area contributed by atoms with Crippen LogP contribution < -0.4 is 11.1 Å². The minimum Gasteiger partial charge on any atom is -0.382 e. The van der Waals surface area contributed by atoms with Gasteiger partial charge in [-0.1, -0.05) is 18.2 Å². The summed E-state index contributed by atoms with van der Waals surface area (Å²) in [6, 6.07) is 9.68. The van der Waals surface area contributed by atoms with Gasteiger partial charge < -0.3 is 20.5 Å². The summed E-state index contributed by atoms with van der Waals surface area (Å²) in [4.78, 5) is 17.7. The molecular weight excluding hydrogens is 534 g/mol. The average Bonchev–Trinajstić information content (AvgIpc) is 3.60. The lowest BCUT2D eigenvalue weighted by atomic mass is 9.76. The predicted octanol–water partition coefficient (Wildman–Crippen LogP) is 2.37. The number of methoxy groups -OCH3 is 1. The van der Waals surface area contributed by atoms with Crippen molar-refractivity contribution in [2.75, 3.05) is 39.4 Å². The first-order valence-corrected chi connectivity index (χ1v) is 14.9. The Morgan fingerprint density at radius 3 is 2.52 bits per heavy atom. The van der Waals surface area contributed by atoms with Crippen LogP contribution in [0, 0.1) is 0 Å². The Balaban J connectivity index is 1.54. The number of nitrogen functional groups attached to an aromatic ring is 1. The van der Waals surface area contributed by atoms with Gasteiger partial charge in [0, 0.05) is 43.7 Å². The van der Waals surface area contributed by atoms with E-state index in [2.05, 4.69) is 15.5 Å². The molecule has 40 heavy (non-hydrogen) atoms. The fourth-order valence-corrected chi connectivity index (χ4v) is 6.46. The van der Waals surface area contributed by atoms with Crippen molar-refractivity contribution in [3.63, 3.8) is 0 Å². The maximum absolute atomic E-state index is 13.0. The molecule has 1 fully saturated rings. The number of likely N-dealkylation sites (N-methyl/N-ethyl adjacent to an activating group) is 1. The number of anilines is 1. The van der Waals surface area contributed by atoms with Gasteiger partial charge >= 0.3 is 0 Å². The van der Waals surface area contributed by atoms with E-state index >= 15 is 0 Å². The molecule has 0 atom stereocenters. The number of sulfone groups is 1. The van der Waals surface area contributed by atoms with Crippen molar-refractivity contribution in [3.8, 4) is 16.8 Å². The fourth-order valence-electron chi connectivity index (χ4n) is 5.40. The van der Waals surface area contributed by atoms with Crippen LogP contribution in [0.25, 0.3) is 22.5 Å². The Morgan fingerprint density at radius 1 is 1.15 bits per heavy atom. The Morgan fingerprint density at radius 2 is 1.88 bits per heavy atom. The summed E-state index contributed by atoms with van der Waals surface area (Å²) in [6.45, 7) is 0.635. The van der Waals surface area contributed by atoms with Gasteiger partial charge in [-0.3, -0.25) is 4.79 Å². The molecule has 3 N–H and O–H groups in total. The van der Waals surface area contributed by atoms with E-state index in [1.54, 1.807) is 31.2 Å². The van der Waals surface area contributed by atoms with Gasteiger partial charge in [0.2, 0.25) is 0 Å². The number of fused-ring (bicyclic) bond motifs is 1. The maximum atomic E-state index is 13.0. The zero-order chi connectivity index (χ0) is 28.5. The SMILES string of the molecule is CNC(=O)[C@]1(OCCOC)CC[C@H](c2nc3c(-c4cnn(-c5ccccc5)c4)cnn3c(N)c2S(C)(=O)=O)CC1. The molecule has 13 heteroatoms. The second-order valence-corrected chi connectivity index (χ2v) is 11.9. The van der Waals surface area contributed by atoms with Crippen LogP contribution in [0.5, 0.6) is 0 Å². The number of nitrogens with zero attached hydrogens (tertiary/aromatic N) is 5. The van der Waals surface area contributed by atoms with Crippen LogP contribution in [0.3, 0.4) is 0 Å². The highest BCUT2D eigenvalue weighted by atomic mass is 32.2. The Kier molecular flexibility index (Phi) is 7.62. The number of ether oxygens (including phenoxy) is 2. The third-order valence-electron chi connectivity index (χ3n) is 7.44. The summed E-state index contributed by atoms with van der Waals surface area (Å²) >= 11 is 0. The van der Waals surface area contributed by atoms with Crippen LogP contribution in [0.4, 0.5) is 5.82 Å². The highest BCUT2D eigenvalue weighted by Gasteiger charge is 2.44. The van der Waals surface area contributed by atoms with Crippen molar-refractivity contribution in [2.24, 2.45) is 0 Å². The van der Waals surface area contributed by atoms with Crippen molar-refractivity contribution in [2.45, 2.75) is 42.1 Å². The molecule has 3 heterocycles. The van der Waals surface area contributed by atoms with E-state index in [4.69, 9.17) is 20.2 Å². The van der Waals surface area contributed by atoms with Crippen molar-refractivity contribution in [1.82, 2.24) is 29.7 Å². The fraction of sp³-hybridized carbons (Fsp3) is 0.407. The number of nitrogens with two attached hydrogens (primary N) is 1. The molecule has 0 bridgehead atoms. The first kappa shape index (κ1) is 27.7. The number of rotatable bonds is 9. The molecular formula is C27H33N7O5S. The van der Waals surface area contributed by atoms with Gasteiger partial charge in [-0.15, -0.1) is 0 Å². The molecule has 212 valence electrons. The summed E-state index contributed by atoms with van der Waals surface area (Å²) < 4.78 is 40.2. The quantitative estimate of drug-likeness (QED) is 0.290. The zero-order valence-electron chi connectivity index (χ0n) is 22.7. The molecule has 4 aromatic rings. The molecule has 0 saturated heterocycles. The molecule has 1 amide bonds. The predicted molar refractivity (Wildman–Crippen MR) is 149 cm³/mol. The van der Waals surface area contributed by atoms with Crippen LogP contribution in [0.15, 0.2) is 53.8 Å². The summed E-state index contributed by atoms with van der Waals surface area (Å²) in [7, 11) is -0.601. The van der Waals surface area contributed by atoms with Crippen LogP contribution in [0.2, 0.25) is 0 Å². The van der Waals surface area contributed by atoms with Gasteiger partial charge in [-0.2, -0.15) is 14.7 Å². The Labute approximate surface area is 232 Å². The minimum absolute atomic E-state index is 0.00341. The molecule has 1 aliphatic rings. The van der Waals surface area contributed by atoms with Crippen LogP contribution >= 0.6 is 0 Å². The molecule has 0 radical (unpaired) electrons. The summed E-state index contributed by atoms with van der Waals surface area (Å²) in [6.07, 6.45) is 8.07. The van der Waals surface area contributed by atoms with Gasteiger partial charge in [0.05, 0.1) is 37.0 Å².